The van der Waals surface area contributed by atoms with E-state index in [0.717, 1.165) is 78.0 Å². The highest BCUT2D eigenvalue weighted by molar-refractivity contribution is 7.29. The monoisotopic (exact) mass is 457 g/mol. The molecule has 0 fully saturated rings. The Morgan fingerprint density at radius 1 is 0.750 bits per heavy atom. The standard InChI is InChI=1S/C26H33O5P/c1-28-23-15-11-16-24(29-2)21(23)14-10-8-6-5-7-9-13-20(32-27)19-22-25(30-3)17-12-18-26(22)31-4/h10-12,14-19H,5-9,13H2,1-4H3/p+1. The maximum Gasteiger partial charge on any atom is 0.358 e. The number of rotatable bonds is 14. The van der Waals surface area contributed by atoms with Crippen LogP contribution in [-0.2, 0) is 4.57 Å². The Balaban J connectivity index is 1.81. The molecule has 32 heavy (non-hydrogen) atoms. The summed E-state index contributed by atoms with van der Waals surface area (Å²) in [7, 11) is 6.12. The molecule has 172 valence electrons. The molecule has 0 spiro atoms. The minimum absolute atomic E-state index is 0.472. The summed E-state index contributed by atoms with van der Waals surface area (Å²) in [4.78, 5) is 0. The van der Waals surface area contributed by atoms with E-state index in [1.165, 1.54) is 0 Å². The van der Waals surface area contributed by atoms with Gasteiger partial charge in [0, 0.05) is 12.5 Å². The molecule has 0 aliphatic rings. The summed E-state index contributed by atoms with van der Waals surface area (Å²) in [6.45, 7) is 0. The molecule has 1 unspecified atom stereocenters. The lowest BCUT2D eigenvalue weighted by atomic mass is 10.1. The number of hydrogen-bond donors (Lipinski definition) is 0. The minimum Gasteiger partial charge on any atom is -0.496 e. The van der Waals surface area contributed by atoms with Gasteiger partial charge in [0.2, 0.25) is 0 Å². The highest BCUT2D eigenvalue weighted by Crippen LogP contribution is 2.34. The summed E-state index contributed by atoms with van der Waals surface area (Å²) in [5.41, 5.74) is 1.81. The summed E-state index contributed by atoms with van der Waals surface area (Å²) >= 11 is 0. The average Bonchev–Trinajstić information content (AvgIpc) is 2.84. The van der Waals surface area contributed by atoms with Gasteiger partial charge in [0.05, 0.1) is 39.6 Å². The van der Waals surface area contributed by atoms with Crippen LogP contribution in [0, 0.1) is 0 Å². The van der Waals surface area contributed by atoms with Crippen molar-refractivity contribution in [3.63, 3.8) is 0 Å². The summed E-state index contributed by atoms with van der Waals surface area (Å²) in [5.74, 6) is 3.06. The molecule has 0 saturated carbocycles. The van der Waals surface area contributed by atoms with Gasteiger partial charge < -0.3 is 18.9 Å². The maximum absolute atomic E-state index is 11.7. The molecule has 0 radical (unpaired) electrons. The van der Waals surface area contributed by atoms with Gasteiger partial charge >= 0.3 is 8.46 Å². The Morgan fingerprint density at radius 2 is 1.25 bits per heavy atom. The van der Waals surface area contributed by atoms with Crippen molar-refractivity contribution in [3.05, 3.63) is 58.9 Å². The summed E-state index contributed by atoms with van der Waals surface area (Å²) < 4.78 is 33.4. The van der Waals surface area contributed by atoms with Crippen LogP contribution in [0.1, 0.15) is 49.7 Å². The van der Waals surface area contributed by atoms with Crippen LogP contribution in [0.2, 0.25) is 0 Å². The first kappa shape index (κ1) is 25.5. The van der Waals surface area contributed by atoms with Gasteiger partial charge in [0.1, 0.15) is 23.0 Å². The highest BCUT2D eigenvalue weighted by atomic mass is 31.1. The van der Waals surface area contributed by atoms with E-state index in [-0.39, 0.29) is 0 Å². The van der Waals surface area contributed by atoms with E-state index >= 15 is 0 Å². The molecule has 0 amide bonds. The van der Waals surface area contributed by atoms with Gasteiger partial charge in [-0.2, -0.15) is 0 Å². The predicted molar refractivity (Wildman–Crippen MR) is 133 cm³/mol. The zero-order valence-electron chi connectivity index (χ0n) is 19.5. The molecule has 0 heterocycles. The van der Waals surface area contributed by atoms with Crippen LogP contribution in [-0.4, -0.2) is 28.4 Å². The van der Waals surface area contributed by atoms with Crippen LogP contribution in [0.3, 0.4) is 0 Å². The second kappa shape index (κ2) is 14.3. The van der Waals surface area contributed by atoms with Crippen LogP contribution < -0.4 is 18.9 Å². The average molecular weight is 458 g/mol. The van der Waals surface area contributed by atoms with Crippen molar-refractivity contribution >= 4 is 20.6 Å². The Kier molecular flexibility index (Phi) is 11.4. The third-order valence-electron chi connectivity index (χ3n) is 5.23. The zero-order valence-corrected chi connectivity index (χ0v) is 20.5. The lowest BCUT2D eigenvalue weighted by Gasteiger charge is -2.09. The second-order valence-corrected chi connectivity index (χ2v) is 8.13. The molecule has 1 atom stereocenters. The summed E-state index contributed by atoms with van der Waals surface area (Å²) in [6, 6.07) is 11.4. The Morgan fingerprint density at radius 3 is 1.75 bits per heavy atom. The van der Waals surface area contributed by atoms with Crippen LogP contribution >= 0.6 is 8.46 Å². The number of benzene rings is 2. The quantitative estimate of drug-likeness (QED) is 0.223. The Hall–Kier alpha value is -2.78. The molecule has 5 nitrogen and oxygen atoms in total. The van der Waals surface area contributed by atoms with E-state index in [1.54, 1.807) is 28.4 Å². The Labute approximate surface area is 193 Å². The number of allylic oxidation sites excluding steroid dienone is 2. The van der Waals surface area contributed by atoms with Crippen molar-refractivity contribution in [1.82, 2.24) is 0 Å². The van der Waals surface area contributed by atoms with Crippen LogP contribution in [0.4, 0.5) is 0 Å². The van der Waals surface area contributed by atoms with Gasteiger partial charge in [-0.1, -0.05) is 41.7 Å². The third-order valence-corrected chi connectivity index (χ3v) is 5.89. The molecule has 2 rings (SSSR count). The van der Waals surface area contributed by atoms with Gasteiger partial charge in [0.15, 0.2) is 5.31 Å². The van der Waals surface area contributed by atoms with Crippen molar-refractivity contribution in [2.75, 3.05) is 28.4 Å². The first-order valence-electron chi connectivity index (χ1n) is 10.9. The first-order chi connectivity index (χ1) is 15.7. The molecule has 0 aromatic heterocycles. The molecule has 0 aliphatic carbocycles. The van der Waals surface area contributed by atoms with E-state index in [1.807, 2.05) is 42.5 Å². The third kappa shape index (κ3) is 7.42. The SMILES string of the molecule is COc1cccc(OC)c1C=CCCCCCCC(=Cc1c(OC)cccc1OC)[PH+]=O. The van der Waals surface area contributed by atoms with Gasteiger partial charge in [-0.3, -0.25) is 0 Å². The lowest BCUT2D eigenvalue weighted by Crippen LogP contribution is -1.92. The second-order valence-electron chi connectivity index (χ2n) is 7.28. The number of ether oxygens (including phenoxy) is 4. The molecule has 0 saturated heterocycles. The molecule has 2 aromatic carbocycles. The van der Waals surface area contributed by atoms with E-state index in [2.05, 4.69) is 12.2 Å². The number of hydrogen-bond acceptors (Lipinski definition) is 5. The molecule has 2 aromatic rings. The maximum atomic E-state index is 11.7. The van der Waals surface area contributed by atoms with Crippen molar-refractivity contribution < 1.29 is 23.5 Å². The normalized spacial score (nSPS) is 11.7. The molecule has 0 aliphatic heterocycles. The lowest BCUT2D eigenvalue weighted by molar-refractivity contribution is 0.392. The van der Waals surface area contributed by atoms with Crippen molar-refractivity contribution in [2.45, 2.75) is 38.5 Å². The topological polar surface area (TPSA) is 54.0 Å². The molecule has 0 N–H and O–H groups in total. The highest BCUT2D eigenvalue weighted by Gasteiger charge is 2.12. The van der Waals surface area contributed by atoms with E-state index in [0.29, 0.717) is 0 Å². The largest absolute Gasteiger partial charge is 0.496 e. The molecule has 6 heteroatoms. The number of methoxy groups -OCH3 is 4. The van der Waals surface area contributed by atoms with Crippen LogP contribution in [0.5, 0.6) is 23.0 Å². The fraction of sp³-hybridized carbons (Fsp3) is 0.385. The van der Waals surface area contributed by atoms with Gasteiger partial charge in [-0.15, -0.1) is 0 Å². The van der Waals surface area contributed by atoms with Crippen molar-refractivity contribution in [2.24, 2.45) is 0 Å². The van der Waals surface area contributed by atoms with E-state index in [9.17, 15) is 4.57 Å². The smallest absolute Gasteiger partial charge is 0.358 e. The van der Waals surface area contributed by atoms with Crippen molar-refractivity contribution in [3.8, 4) is 23.0 Å². The van der Waals surface area contributed by atoms with Crippen molar-refractivity contribution in [1.29, 1.82) is 0 Å². The van der Waals surface area contributed by atoms with E-state index in [4.69, 9.17) is 18.9 Å². The first-order valence-corrected chi connectivity index (χ1v) is 11.8. The fourth-order valence-electron chi connectivity index (χ4n) is 3.53. The fourth-order valence-corrected chi connectivity index (χ4v) is 4.01. The van der Waals surface area contributed by atoms with Crippen LogP contribution in [0.25, 0.3) is 12.2 Å². The molecule has 0 bridgehead atoms. The van der Waals surface area contributed by atoms with Gasteiger partial charge in [-0.25, -0.2) is 0 Å². The molecular formula is C26H34O5P+. The Bertz CT molecular complexity index is 876. The van der Waals surface area contributed by atoms with E-state index < -0.39 is 8.46 Å². The zero-order chi connectivity index (χ0) is 23.2. The summed E-state index contributed by atoms with van der Waals surface area (Å²) in [5, 5.41) is 0.899. The molecular weight excluding hydrogens is 423 g/mol. The predicted octanol–water partition coefficient (Wildman–Crippen LogP) is 7.14. The van der Waals surface area contributed by atoms with Gasteiger partial charge in [0.25, 0.3) is 0 Å². The summed E-state index contributed by atoms with van der Waals surface area (Å²) in [6.07, 6.45) is 12.3. The minimum atomic E-state index is -0.472. The van der Waals surface area contributed by atoms with Crippen LogP contribution in [0.15, 0.2) is 47.8 Å². The van der Waals surface area contributed by atoms with Gasteiger partial charge in [-0.05, 0) is 43.5 Å². The number of unbranched alkanes of at least 4 members (excludes halogenated alkanes) is 4.